The average Bonchev–Trinajstić information content (AvgIpc) is 3.06. The molecule has 9 nitrogen and oxygen atoms in total. The van der Waals surface area contributed by atoms with E-state index >= 15 is 0 Å². The van der Waals surface area contributed by atoms with E-state index in [1.165, 1.54) is 0 Å². The van der Waals surface area contributed by atoms with Crippen molar-refractivity contribution in [1.82, 2.24) is 20.9 Å². The molecule has 28 heavy (non-hydrogen) atoms. The van der Waals surface area contributed by atoms with Crippen LogP contribution in [0.4, 0.5) is 0 Å². The minimum Gasteiger partial charge on any atom is -0.480 e. The number of carboxylic acid groups (broad SMARTS) is 1. The Morgan fingerprint density at radius 1 is 1.18 bits per heavy atom. The van der Waals surface area contributed by atoms with Crippen molar-refractivity contribution in [3.8, 4) is 0 Å². The number of piperazine rings is 1. The van der Waals surface area contributed by atoms with E-state index in [-0.39, 0.29) is 31.1 Å². The maximum Gasteiger partial charge on any atom is 0.326 e. The number of aromatic amines is 1. The summed E-state index contributed by atoms with van der Waals surface area (Å²) in [5.41, 5.74) is 1.68. The number of rotatable bonds is 7. The van der Waals surface area contributed by atoms with E-state index in [4.69, 9.17) is 0 Å². The van der Waals surface area contributed by atoms with Gasteiger partial charge in [-0.05, 0) is 25.0 Å². The molecule has 148 valence electrons. The number of hydrogen-bond acceptors (Lipinski definition) is 4. The van der Waals surface area contributed by atoms with E-state index in [0.29, 0.717) is 0 Å². The molecule has 0 saturated carbocycles. The maximum atomic E-state index is 12.2. The molecule has 0 spiro atoms. The van der Waals surface area contributed by atoms with E-state index in [1.807, 2.05) is 24.3 Å². The number of carbonyl (C=O) groups excluding carboxylic acids is 3. The molecule has 2 heterocycles. The first-order valence-electron chi connectivity index (χ1n) is 9.03. The van der Waals surface area contributed by atoms with Gasteiger partial charge in [0.15, 0.2) is 0 Å². The van der Waals surface area contributed by atoms with E-state index in [1.54, 1.807) is 13.1 Å². The zero-order valence-corrected chi connectivity index (χ0v) is 15.3. The van der Waals surface area contributed by atoms with Crippen molar-refractivity contribution in [2.24, 2.45) is 0 Å². The lowest BCUT2D eigenvalue weighted by Gasteiger charge is -2.27. The van der Waals surface area contributed by atoms with Crippen LogP contribution in [-0.4, -0.2) is 51.9 Å². The Morgan fingerprint density at radius 2 is 1.93 bits per heavy atom. The Morgan fingerprint density at radius 3 is 2.68 bits per heavy atom. The van der Waals surface area contributed by atoms with Crippen LogP contribution in [0.2, 0.25) is 0 Å². The van der Waals surface area contributed by atoms with Gasteiger partial charge in [0, 0.05) is 29.9 Å². The number of amides is 3. The topological polar surface area (TPSA) is 140 Å². The summed E-state index contributed by atoms with van der Waals surface area (Å²) in [4.78, 5) is 50.4. The van der Waals surface area contributed by atoms with Crippen LogP contribution < -0.4 is 16.0 Å². The summed E-state index contributed by atoms with van der Waals surface area (Å²) in [6.07, 6.45) is 1.87. The highest BCUT2D eigenvalue weighted by Gasteiger charge is 2.31. The standard InChI is InChI=1S/C19H22N4O5/c1-10-17(25)23-14(18(26)21-10)6-7-16(24)22-15(19(27)28)8-11-9-20-13-5-3-2-4-12(11)13/h2-5,9-10,14-15,20H,6-8H2,1H3,(H,21,26)(H,22,24)(H,23,25)(H,27,28)/t10-,14-,15-/m1/s1. The molecule has 0 bridgehead atoms. The summed E-state index contributed by atoms with van der Waals surface area (Å²) < 4.78 is 0. The van der Waals surface area contributed by atoms with Crippen molar-refractivity contribution >= 4 is 34.6 Å². The molecule has 1 aliphatic heterocycles. The van der Waals surface area contributed by atoms with Gasteiger partial charge in [0.1, 0.15) is 18.1 Å². The van der Waals surface area contributed by atoms with Crippen LogP contribution >= 0.6 is 0 Å². The van der Waals surface area contributed by atoms with Crippen molar-refractivity contribution in [2.45, 2.75) is 44.3 Å². The molecule has 0 radical (unpaired) electrons. The molecule has 3 amide bonds. The number of nitrogens with one attached hydrogen (secondary N) is 4. The lowest BCUT2D eigenvalue weighted by Crippen LogP contribution is -2.60. The van der Waals surface area contributed by atoms with Gasteiger partial charge in [0.05, 0.1) is 0 Å². The Balaban J connectivity index is 1.58. The first-order chi connectivity index (χ1) is 13.3. The van der Waals surface area contributed by atoms with Gasteiger partial charge >= 0.3 is 5.97 Å². The number of para-hydroxylation sites is 1. The molecular weight excluding hydrogens is 364 g/mol. The molecule has 2 aromatic rings. The van der Waals surface area contributed by atoms with Crippen molar-refractivity contribution < 1.29 is 24.3 Å². The van der Waals surface area contributed by atoms with E-state index in [9.17, 15) is 24.3 Å². The van der Waals surface area contributed by atoms with Crippen LogP contribution in [0.15, 0.2) is 30.5 Å². The van der Waals surface area contributed by atoms with Gasteiger partial charge in [-0.25, -0.2) is 4.79 Å². The SMILES string of the molecule is C[C@H]1NC(=O)[C@@H](CCC(=O)N[C@H](Cc2c[nH]c3ccccc23)C(=O)O)NC1=O. The number of benzene rings is 1. The minimum absolute atomic E-state index is 0.0790. The van der Waals surface area contributed by atoms with Gasteiger partial charge in [-0.2, -0.15) is 0 Å². The van der Waals surface area contributed by atoms with Crippen molar-refractivity contribution in [1.29, 1.82) is 0 Å². The third kappa shape index (κ3) is 4.30. The third-order valence-corrected chi connectivity index (χ3v) is 4.78. The largest absolute Gasteiger partial charge is 0.480 e. The van der Waals surface area contributed by atoms with Crippen molar-refractivity contribution in [2.75, 3.05) is 0 Å². The van der Waals surface area contributed by atoms with Gasteiger partial charge in [-0.1, -0.05) is 18.2 Å². The second-order valence-corrected chi connectivity index (χ2v) is 6.85. The number of hydrogen-bond donors (Lipinski definition) is 5. The minimum atomic E-state index is -1.14. The smallest absolute Gasteiger partial charge is 0.326 e. The van der Waals surface area contributed by atoms with Gasteiger partial charge in [-0.3, -0.25) is 14.4 Å². The molecule has 0 aliphatic carbocycles. The molecule has 1 saturated heterocycles. The molecular formula is C19H22N4O5. The fraction of sp³-hybridized carbons (Fsp3) is 0.368. The maximum absolute atomic E-state index is 12.2. The zero-order chi connectivity index (χ0) is 20.3. The summed E-state index contributed by atoms with van der Waals surface area (Å²) in [5.74, 6) is -2.30. The Labute approximate surface area is 160 Å². The molecule has 1 aromatic carbocycles. The third-order valence-electron chi connectivity index (χ3n) is 4.78. The molecule has 3 atom stereocenters. The molecule has 9 heteroatoms. The van der Waals surface area contributed by atoms with Crippen LogP contribution in [0.1, 0.15) is 25.3 Å². The van der Waals surface area contributed by atoms with E-state index in [0.717, 1.165) is 16.5 Å². The van der Waals surface area contributed by atoms with Gasteiger partial charge in [0.2, 0.25) is 17.7 Å². The Kier molecular flexibility index (Phi) is 5.62. The number of aliphatic carboxylic acids is 1. The fourth-order valence-electron chi connectivity index (χ4n) is 3.21. The lowest BCUT2D eigenvalue weighted by molar-refractivity contribution is -0.142. The molecule has 5 N–H and O–H groups in total. The monoisotopic (exact) mass is 386 g/mol. The lowest BCUT2D eigenvalue weighted by atomic mass is 10.0. The number of H-pyrrole nitrogens is 1. The first-order valence-corrected chi connectivity index (χ1v) is 9.03. The van der Waals surface area contributed by atoms with Crippen LogP contribution in [0, 0.1) is 0 Å². The first kappa shape index (κ1) is 19.4. The predicted octanol–water partition coefficient (Wildman–Crippen LogP) is 0.0631. The zero-order valence-electron chi connectivity index (χ0n) is 15.3. The van der Waals surface area contributed by atoms with Gasteiger partial charge in [0.25, 0.3) is 0 Å². The van der Waals surface area contributed by atoms with Crippen molar-refractivity contribution in [3.63, 3.8) is 0 Å². The highest BCUT2D eigenvalue weighted by Crippen LogP contribution is 2.19. The molecule has 3 rings (SSSR count). The summed E-state index contributed by atoms with van der Waals surface area (Å²) in [5, 5.41) is 17.9. The number of carbonyl (C=O) groups is 4. The highest BCUT2D eigenvalue weighted by molar-refractivity contribution is 5.97. The quantitative estimate of drug-likeness (QED) is 0.458. The fourth-order valence-corrected chi connectivity index (χ4v) is 3.21. The van der Waals surface area contributed by atoms with Crippen LogP contribution in [0.25, 0.3) is 10.9 Å². The summed E-state index contributed by atoms with van der Waals surface area (Å²) in [6.45, 7) is 1.57. The summed E-state index contributed by atoms with van der Waals surface area (Å²) >= 11 is 0. The highest BCUT2D eigenvalue weighted by atomic mass is 16.4. The van der Waals surface area contributed by atoms with E-state index in [2.05, 4.69) is 20.9 Å². The Hall–Kier alpha value is -3.36. The normalized spacial score (nSPS) is 20.3. The number of fused-ring (bicyclic) bond motifs is 1. The number of carboxylic acids is 1. The van der Waals surface area contributed by atoms with Crippen molar-refractivity contribution in [3.05, 3.63) is 36.0 Å². The van der Waals surface area contributed by atoms with Gasteiger partial charge in [-0.15, -0.1) is 0 Å². The molecule has 1 aliphatic rings. The second-order valence-electron chi connectivity index (χ2n) is 6.85. The second kappa shape index (κ2) is 8.12. The van der Waals surface area contributed by atoms with Crippen LogP contribution in [-0.2, 0) is 25.6 Å². The van der Waals surface area contributed by atoms with E-state index < -0.39 is 30.0 Å². The molecule has 0 unspecified atom stereocenters. The van der Waals surface area contributed by atoms with Crippen LogP contribution in [0.3, 0.4) is 0 Å². The Bertz CT molecular complexity index is 922. The summed E-state index contributed by atoms with van der Waals surface area (Å²) in [7, 11) is 0. The number of aromatic nitrogens is 1. The predicted molar refractivity (Wildman–Crippen MR) is 100 cm³/mol. The summed E-state index contributed by atoms with van der Waals surface area (Å²) in [6, 6.07) is 5.00. The van der Waals surface area contributed by atoms with Gasteiger partial charge < -0.3 is 26.0 Å². The average molecular weight is 386 g/mol. The molecule has 1 aromatic heterocycles. The van der Waals surface area contributed by atoms with Crippen LogP contribution in [0.5, 0.6) is 0 Å². The molecule has 1 fully saturated rings.